The number of benzene rings is 7. The minimum Gasteiger partial charge on any atom is -0.256 e. The van der Waals surface area contributed by atoms with Crippen LogP contribution < -0.4 is 0 Å². The van der Waals surface area contributed by atoms with Crippen LogP contribution in [0, 0.1) is 25.2 Å². The second-order valence-electron chi connectivity index (χ2n) is 17.7. The van der Waals surface area contributed by atoms with Crippen molar-refractivity contribution in [3.63, 3.8) is 0 Å². The van der Waals surface area contributed by atoms with E-state index in [0.29, 0.717) is 5.56 Å². The summed E-state index contributed by atoms with van der Waals surface area (Å²) in [5.74, 6) is 0. The normalized spacial score (nSPS) is 11.0. The fourth-order valence-corrected chi connectivity index (χ4v) is 9.01. The smallest absolute Gasteiger partial charge is 0.0991 e. The van der Waals surface area contributed by atoms with Crippen molar-refractivity contribution in [3.8, 4) is 84.3 Å². The lowest BCUT2D eigenvalue weighted by molar-refractivity contribution is 0.931. The molecule has 7 aromatic carbocycles. The van der Waals surface area contributed by atoms with Crippen LogP contribution in [0.25, 0.3) is 78.3 Å². The minimum atomic E-state index is 0.654. The molecule has 326 valence electrons. The van der Waals surface area contributed by atoms with Crippen molar-refractivity contribution in [2.75, 3.05) is 0 Å². The minimum absolute atomic E-state index is 0.654. The average molecular weight is 875 g/mol. The molecule has 0 aliphatic heterocycles. The van der Waals surface area contributed by atoms with Crippen molar-refractivity contribution >= 4 is 0 Å². The lowest BCUT2D eigenvalue weighted by Gasteiger charge is -2.18. The topological polar surface area (TPSA) is 62.5 Å². The quantitative estimate of drug-likeness (QED) is 0.116. The molecular weight excluding hydrogens is 825 g/mol. The Labute approximate surface area is 400 Å². The van der Waals surface area contributed by atoms with E-state index in [1.165, 1.54) is 38.9 Å². The fraction of sp³-hybridized carbons (Fsp3) is 0.0938. The van der Waals surface area contributed by atoms with E-state index >= 15 is 0 Å². The van der Waals surface area contributed by atoms with Gasteiger partial charge in [0.15, 0.2) is 0 Å². The summed E-state index contributed by atoms with van der Waals surface area (Å²) in [5, 5.41) is 9.37. The largest absolute Gasteiger partial charge is 0.256 e. The van der Waals surface area contributed by atoms with Crippen LogP contribution in [0.2, 0.25) is 0 Å². The molecule has 68 heavy (non-hydrogen) atoms. The van der Waals surface area contributed by atoms with Crippen molar-refractivity contribution < 1.29 is 0 Å². The van der Waals surface area contributed by atoms with Gasteiger partial charge in [-0.25, -0.2) is 0 Å². The molecule has 0 atom stereocenters. The predicted octanol–water partition coefficient (Wildman–Crippen LogP) is 15.6. The molecule has 0 bridgehead atoms. The van der Waals surface area contributed by atoms with E-state index in [-0.39, 0.29) is 0 Å². The summed E-state index contributed by atoms with van der Waals surface area (Å²) in [6, 6.07) is 73.9. The molecule has 0 unspecified atom stereocenters. The van der Waals surface area contributed by atoms with Crippen LogP contribution in [-0.2, 0) is 25.7 Å². The third-order valence-corrected chi connectivity index (χ3v) is 12.8. The lowest BCUT2D eigenvalue weighted by atomic mass is 9.86. The number of aryl methyl sites for hydroxylation is 6. The van der Waals surface area contributed by atoms with E-state index in [1.54, 1.807) is 0 Å². The van der Waals surface area contributed by atoms with Gasteiger partial charge in [0.1, 0.15) is 0 Å². The number of nitrogens with zero attached hydrogens (tertiary/aromatic N) is 4. The predicted molar refractivity (Wildman–Crippen MR) is 280 cm³/mol. The highest BCUT2D eigenvalue weighted by Gasteiger charge is 2.16. The van der Waals surface area contributed by atoms with Crippen LogP contribution in [0.5, 0.6) is 0 Å². The van der Waals surface area contributed by atoms with Crippen molar-refractivity contribution in [1.29, 1.82) is 5.26 Å². The average Bonchev–Trinajstić information content (AvgIpc) is 3.40. The lowest BCUT2D eigenvalue weighted by Crippen LogP contribution is -1.98. The molecule has 0 spiro atoms. The van der Waals surface area contributed by atoms with Gasteiger partial charge in [0.05, 0.1) is 28.7 Å². The van der Waals surface area contributed by atoms with Gasteiger partial charge in [0, 0.05) is 35.3 Å². The van der Waals surface area contributed by atoms with Gasteiger partial charge in [0.25, 0.3) is 0 Å². The first-order valence-electron chi connectivity index (χ1n) is 23.4. The van der Waals surface area contributed by atoms with Crippen LogP contribution in [-0.4, -0.2) is 15.0 Å². The standard InChI is InChI=1S/C64H50N4/c1-44-10-34-63(67-42-44)54-24-16-46(17-25-54)12-14-49-37-50(15-13-47-18-26-55(27-19-47)64-35-11-45(2)43-68-64)39-57(38-49)58-7-3-4-8-59(58)60-33-32-56(62-9-5-6-36-66-62)40-61(60)53-30-28-52(29-31-53)51-22-20-48(41-65)21-23-51/h3-11,16-40,42-43H,12-15H2,1-2H3. The number of aromatic nitrogens is 3. The van der Waals surface area contributed by atoms with Gasteiger partial charge in [-0.15, -0.1) is 0 Å². The highest BCUT2D eigenvalue weighted by atomic mass is 14.7. The zero-order valence-electron chi connectivity index (χ0n) is 38.4. The van der Waals surface area contributed by atoms with Crippen LogP contribution in [0.3, 0.4) is 0 Å². The Balaban J connectivity index is 1.00. The zero-order valence-corrected chi connectivity index (χ0v) is 38.4. The Kier molecular flexibility index (Phi) is 12.7. The highest BCUT2D eigenvalue weighted by molar-refractivity contribution is 5.94. The first-order chi connectivity index (χ1) is 33.4. The molecule has 3 aromatic heterocycles. The van der Waals surface area contributed by atoms with E-state index < -0.39 is 0 Å². The summed E-state index contributed by atoms with van der Waals surface area (Å²) in [4.78, 5) is 14.0. The van der Waals surface area contributed by atoms with E-state index in [1.807, 2.05) is 55.0 Å². The molecular formula is C64H50N4. The van der Waals surface area contributed by atoms with E-state index in [0.717, 1.165) is 98.4 Å². The summed E-state index contributed by atoms with van der Waals surface area (Å²) in [7, 11) is 0. The number of hydrogen-bond donors (Lipinski definition) is 0. The van der Waals surface area contributed by atoms with E-state index in [2.05, 4.69) is 194 Å². The van der Waals surface area contributed by atoms with Crippen molar-refractivity contribution in [2.24, 2.45) is 0 Å². The molecule has 0 aliphatic carbocycles. The van der Waals surface area contributed by atoms with Crippen LogP contribution in [0.4, 0.5) is 0 Å². The molecule has 0 saturated carbocycles. The fourth-order valence-electron chi connectivity index (χ4n) is 9.01. The molecule has 0 saturated heterocycles. The monoisotopic (exact) mass is 874 g/mol. The SMILES string of the molecule is Cc1ccc(-c2ccc(CCc3cc(CCc4ccc(-c5ccc(C)cn5)cc4)cc(-c4ccccc4-c4ccc(-c5ccccn5)cc4-c4ccc(-c5ccc(C#N)cc5)cc4)c3)cc2)nc1. The number of hydrogen-bond acceptors (Lipinski definition) is 4. The van der Waals surface area contributed by atoms with Gasteiger partial charge in [-0.05, 0) is 160 Å². The second kappa shape index (κ2) is 19.9. The molecule has 4 nitrogen and oxygen atoms in total. The van der Waals surface area contributed by atoms with Gasteiger partial charge in [-0.2, -0.15) is 5.26 Å². The zero-order chi connectivity index (χ0) is 46.2. The first kappa shape index (κ1) is 43.4. The highest BCUT2D eigenvalue weighted by Crippen LogP contribution is 2.41. The molecule has 10 aromatic rings. The van der Waals surface area contributed by atoms with Gasteiger partial charge in [-0.3, -0.25) is 15.0 Å². The summed E-state index contributed by atoms with van der Waals surface area (Å²) in [5.41, 5.74) is 23.7. The number of rotatable bonds is 13. The Morgan fingerprint density at radius 2 is 0.809 bits per heavy atom. The van der Waals surface area contributed by atoms with Crippen molar-refractivity contribution in [1.82, 2.24) is 15.0 Å². The Bertz CT molecular complexity index is 3240. The number of pyridine rings is 3. The number of nitriles is 1. The van der Waals surface area contributed by atoms with Crippen LogP contribution >= 0.6 is 0 Å². The molecule has 4 heteroatoms. The second-order valence-corrected chi connectivity index (χ2v) is 17.7. The summed E-state index contributed by atoms with van der Waals surface area (Å²) in [6.07, 6.45) is 9.40. The Morgan fingerprint density at radius 3 is 1.34 bits per heavy atom. The summed E-state index contributed by atoms with van der Waals surface area (Å²) >= 11 is 0. The van der Waals surface area contributed by atoms with E-state index in [4.69, 9.17) is 4.98 Å². The Morgan fingerprint density at radius 1 is 0.338 bits per heavy atom. The first-order valence-corrected chi connectivity index (χ1v) is 23.4. The molecule has 0 fully saturated rings. The molecule has 0 N–H and O–H groups in total. The van der Waals surface area contributed by atoms with Crippen LogP contribution in [0.1, 0.15) is 38.9 Å². The third kappa shape index (κ3) is 9.99. The Hall–Kier alpha value is -8.52. The van der Waals surface area contributed by atoms with Crippen molar-refractivity contribution in [2.45, 2.75) is 39.5 Å². The summed E-state index contributed by atoms with van der Waals surface area (Å²) < 4.78 is 0. The van der Waals surface area contributed by atoms with E-state index in [9.17, 15) is 5.26 Å². The maximum absolute atomic E-state index is 9.37. The molecule has 0 amide bonds. The molecule has 3 heterocycles. The molecule has 0 aliphatic rings. The summed E-state index contributed by atoms with van der Waals surface area (Å²) in [6.45, 7) is 4.14. The third-order valence-electron chi connectivity index (χ3n) is 12.8. The van der Waals surface area contributed by atoms with Gasteiger partial charge in [0.2, 0.25) is 0 Å². The van der Waals surface area contributed by atoms with Gasteiger partial charge >= 0.3 is 0 Å². The molecule has 0 radical (unpaired) electrons. The van der Waals surface area contributed by atoms with Crippen LogP contribution in [0.15, 0.2) is 219 Å². The molecule has 10 rings (SSSR count). The van der Waals surface area contributed by atoms with Gasteiger partial charge in [-0.1, -0.05) is 158 Å². The van der Waals surface area contributed by atoms with Crippen molar-refractivity contribution in [3.05, 3.63) is 258 Å². The maximum atomic E-state index is 9.37. The maximum Gasteiger partial charge on any atom is 0.0991 e. The van der Waals surface area contributed by atoms with Gasteiger partial charge < -0.3 is 0 Å².